The number of thiophene rings is 1. The van der Waals surface area contributed by atoms with E-state index in [-0.39, 0.29) is 17.9 Å². The summed E-state index contributed by atoms with van der Waals surface area (Å²) in [6.07, 6.45) is 3.29. The lowest BCUT2D eigenvalue weighted by Gasteiger charge is -2.28. The summed E-state index contributed by atoms with van der Waals surface area (Å²) >= 11 is 1.60. The second-order valence-electron chi connectivity index (χ2n) is 6.33. The minimum atomic E-state index is -0.765. The number of amides is 3. The zero-order valence-corrected chi connectivity index (χ0v) is 14.2. The molecule has 1 spiro atoms. The second-order valence-corrected chi connectivity index (χ2v) is 7.23. The van der Waals surface area contributed by atoms with Crippen molar-refractivity contribution >= 4 is 39.3 Å². The third kappa shape index (κ3) is 2.32. The van der Waals surface area contributed by atoms with Crippen molar-refractivity contribution in [2.75, 3.05) is 11.9 Å². The number of rotatable bonds is 4. The van der Waals surface area contributed by atoms with E-state index < -0.39 is 5.54 Å². The van der Waals surface area contributed by atoms with E-state index in [0.29, 0.717) is 13.0 Å². The number of nitrogens with one attached hydrogen (secondary N) is 3. The van der Waals surface area contributed by atoms with Gasteiger partial charge in [0.15, 0.2) is 0 Å². The van der Waals surface area contributed by atoms with E-state index in [2.05, 4.69) is 25.9 Å². The molecule has 8 heteroatoms. The van der Waals surface area contributed by atoms with E-state index in [0.717, 1.165) is 41.1 Å². The van der Waals surface area contributed by atoms with Gasteiger partial charge in [0, 0.05) is 18.9 Å². The molecule has 2 fully saturated rings. The number of fused-ring (bicyclic) bond motifs is 1. The van der Waals surface area contributed by atoms with E-state index in [1.165, 1.54) is 0 Å². The first-order valence-electron chi connectivity index (χ1n) is 8.24. The van der Waals surface area contributed by atoms with E-state index in [1.54, 1.807) is 11.3 Å². The molecule has 24 heavy (non-hydrogen) atoms. The van der Waals surface area contributed by atoms with Crippen LogP contribution in [-0.4, -0.2) is 34.0 Å². The molecular weight excluding hydrogens is 326 g/mol. The standard InChI is InChI=1S/C16H19N5O2S/c1-2-11-18-12(10-5-7-24-13(10)19-11)17-8-9-4-3-6-16(9)14(22)20-15(23)21-16/h5,7,9H,2-4,6,8H2,1H3,(H,17,18,19)(H2,20,21,22,23)/t9-,16+/m0/s1. The SMILES string of the molecule is CCc1nc(NC[C@@H]2CCC[C@@]23NC(=O)NC3=O)c2ccsc2n1. The number of carbonyl (C=O) groups is 2. The number of anilines is 1. The molecule has 7 nitrogen and oxygen atoms in total. The number of hydrogen-bond donors (Lipinski definition) is 3. The lowest BCUT2D eigenvalue weighted by Crippen LogP contribution is -2.51. The molecule has 0 unspecified atom stereocenters. The van der Waals surface area contributed by atoms with Gasteiger partial charge in [-0.2, -0.15) is 0 Å². The number of aryl methyl sites for hydroxylation is 1. The summed E-state index contributed by atoms with van der Waals surface area (Å²) in [5.74, 6) is 1.47. The van der Waals surface area contributed by atoms with Crippen LogP contribution in [0, 0.1) is 5.92 Å². The fourth-order valence-corrected chi connectivity index (χ4v) is 4.52. The summed E-state index contributed by atoms with van der Waals surface area (Å²) in [6, 6.07) is 1.62. The maximum absolute atomic E-state index is 12.3. The minimum absolute atomic E-state index is 0.0534. The topological polar surface area (TPSA) is 96.0 Å². The number of hydrogen-bond acceptors (Lipinski definition) is 6. The van der Waals surface area contributed by atoms with Gasteiger partial charge in [-0.25, -0.2) is 14.8 Å². The average Bonchev–Trinajstić information content (AvgIpc) is 3.25. The molecule has 1 aliphatic carbocycles. The quantitative estimate of drug-likeness (QED) is 0.737. The van der Waals surface area contributed by atoms with Crippen molar-refractivity contribution in [3.63, 3.8) is 0 Å². The van der Waals surface area contributed by atoms with E-state index in [4.69, 9.17) is 0 Å². The molecule has 126 valence electrons. The fraction of sp³-hybridized carbons (Fsp3) is 0.500. The van der Waals surface area contributed by atoms with Gasteiger partial charge in [0.2, 0.25) is 0 Å². The van der Waals surface area contributed by atoms with Crippen LogP contribution in [0.15, 0.2) is 11.4 Å². The summed E-state index contributed by atoms with van der Waals surface area (Å²) in [4.78, 5) is 33.9. The van der Waals surface area contributed by atoms with Crippen LogP contribution in [0.25, 0.3) is 10.2 Å². The number of nitrogens with zero attached hydrogens (tertiary/aromatic N) is 2. The van der Waals surface area contributed by atoms with Crippen LogP contribution in [0.1, 0.15) is 32.0 Å². The fourth-order valence-electron chi connectivity index (χ4n) is 3.74. The molecule has 3 N–H and O–H groups in total. The Labute approximate surface area is 143 Å². The molecular formula is C16H19N5O2S. The molecule has 1 aliphatic heterocycles. The van der Waals surface area contributed by atoms with E-state index in [1.807, 2.05) is 18.4 Å². The maximum Gasteiger partial charge on any atom is 0.322 e. The first-order valence-corrected chi connectivity index (χ1v) is 9.12. The lowest BCUT2D eigenvalue weighted by molar-refractivity contribution is -0.125. The Hall–Kier alpha value is -2.22. The highest BCUT2D eigenvalue weighted by Gasteiger charge is 2.54. The highest BCUT2D eigenvalue weighted by atomic mass is 32.1. The van der Waals surface area contributed by atoms with Gasteiger partial charge in [0.1, 0.15) is 22.0 Å². The van der Waals surface area contributed by atoms with Crippen LogP contribution in [0.2, 0.25) is 0 Å². The molecule has 2 aliphatic rings. The second kappa shape index (κ2) is 5.70. The maximum atomic E-state index is 12.3. The summed E-state index contributed by atoms with van der Waals surface area (Å²) in [5, 5.41) is 11.6. The molecule has 4 rings (SSSR count). The Morgan fingerprint density at radius 3 is 3.04 bits per heavy atom. The molecule has 2 aromatic rings. The normalized spacial score (nSPS) is 26.1. The zero-order chi connectivity index (χ0) is 16.7. The van der Waals surface area contributed by atoms with Crippen molar-refractivity contribution in [1.82, 2.24) is 20.6 Å². The molecule has 0 aromatic carbocycles. The summed E-state index contributed by atoms with van der Waals surface area (Å²) in [5.41, 5.74) is -0.765. The third-order valence-corrected chi connectivity index (χ3v) is 5.80. The van der Waals surface area contributed by atoms with Gasteiger partial charge in [-0.05, 0) is 24.3 Å². The van der Waals surface area contributed by atoms with E-state index in [9.17, 15) is 9.59 Å². The zero-order valence-electron chi connectivity index (χ0n) is 13.4. The van der Waals surface area contributed by atoms with Crippen molar-refractivity contribution in [3.8, 4) is 0 Å². The first kappa shape index (κ1) is 15.3. The Morgan fingerprint density at radius 1 is 1.42 bits per heavy atom. The molecule has 0 bridgehead atoms. The Balaban J connectivity index is 1.58. The van der Waals surface area contributed by atoms with Gasteiger partial charge in [0.25, 0.3) is 5.91 Å². The Kier molecular flexibility index (Phi) is 3.64. The molecule has 2 aromatic heterocycles. The van der Waals surface area contributed by atoms with Crippen LogP contribution in [0.3, 0.4) is 0 Å². The number of imide groups is 1. The smallest absolute Gasteiger partial charge is 0.322 e. The molecule has 2 atom stereocenters. The van der Waals surface area contributed by atoms with Crippen molar-refractivity contribution in [3.05, 3.63) is 17.3 Å². The summed E-state index contributed by atoms with van der Waals surface area (Å²) in [7, 11) is 0. The monoisotopic (exact) mass is 345 g/mol. The largest absolute Gasteiger partial charge is 0.369 e. The lowest BCUT2D eigenvalue weighted by atomic mass is 9.87. The molecule has 0 radical (unpaired) electrons. The third-order valence-electron chi connectivity index (χ3n) is 4.99. The number of aromatic nitrogens is 2. The van der Waals surface area contributed by atoms with Crippen molar-refractivity contribution in [1.29, 1.82) is 0 Å². The predicted octanol–water partition coefficient (Wildman–Crippen LogP) is 2.04. The summed E-state index contributed by atoms with van der Waals surface area (Å²) < 4.78 is 0. The van der Waals surface area contributed by atoms with Gasteiger partial charge < -0.3 is 10.6 Å². The van der Waals surface area contributed by atoms with Gasteiger partial charge in [-0.15, -0.1) is 11.3 Å². The number of carbonyl (C=O) groups excluding carboxylic acids is 2. The van der Waals surface area contributed by atoms with Crippen molar-refractivity contribution < 1.29 is 9.59 Å². The van der Waals surface area contributed by atoms with Crippen molar-refractivity contribution in [2.45, 2.75) is 38.1 Å². The van der Waals surface area contributed by atoms with E-state index >= 15 is 0 Å². The van der Waals surface area contributed by atoms with Gasteiger partial charge in [-0.3, -0.25) is 10.1 Å². The highest BCUT2D eigenvalue weighted by Crippen LogP contribution is 2.38. The van der Waals surface area contributed by atoms with Crippen molar-refractivity contribution in [2.24, 2.45) is 5.92 Å². The number of urea groups is 1. The minimum Gasteiger partial charge on any atom is -0.369 e. The molecule has 3 amide bonds. The van der Waals surface area contributed by atoms with Crippen LogP contribution in [0.4, 0.5) is 10.6 Å². The van der Waals surface area contributed by atoms with Crippen LogP contribution < -0.4 is 16.0 Å². The molecule has 3 heterocycles. The van der Waals surface area contributed by atoms with Gasteiger partial charge in [-0.1, -0.05) is 13.3 Å². The molecule has 1 saturated carbocycles. The predicted molar refractivity (Wildman–Crippen MR) is 92.0 cm³/mol. The van der Waals surface area contributed by atoms with Gasteiger partial charge in [0.05, 0.1) is 5.39 Å². The van der Waals surface area contributed by atoms with Crippen LogP contribution >= 0.6 is 11.3 Å². The highest BCUT2D eigenvalue weighted by molar-refractivity contribution is 7.16. The van der Waals surface area contributed by atoms with Gasteiger partial charge >= 0.3 is 6.03 Å². The van der Waals surface area contributed by atoms with Crippen LogP contribution in [0.5, 0.6) is 0 Å². The van der Waals surface area contributed by atoms with Crippen LogP contribution in [-0.2, 0) is 11.2 Å². The Bertz CT molecular complexity index is 820. The average molecular weight is 345 g/mol. The first-order chi connectivity index (χ1) is 11.6. The summed E-state index contributed by atoms with van der Waals surface area (Å²) in [6.45, 7) is 2.63. The Morgan fingerprint density at radius 2 is 2.29 bits per heavy atom. The molecule has 1 saturated heterocycles.